The van der Waals surface area contributed by atoms with E-state index in [1.54, 1.807) is 28.9 Å². The van der Waals surface area contributed by atoms with Crippen molar-refractivity contribution in [2.75, 3.05) is 65.6 Å². The summed E-state index contributed by atoms with van der Waals surface area (Å²) in [7, 11) is 0. The number of nitrogens with one attached hydrogen (secondary N) is 1. The molecule has 0 aliphatic carbocycles. The van der Waals surface area contributed by atoms with Gasteiger partial charge in [0.05, 0.1) is 37.7 Å². The molecule has 12 nitrogen and oxygen atoms in total. The average Bonchev–Trinajstić information content (AvgIpc) is 3.64. The Morgan fingerprint density at radius 3 is 2.61 bits per heavy atom. The second-order valence-electron chi connectivity index (χ2n) is 12.7. The molecule has 7 atom stereocenters. The van der Waals surface area contributed by atoms with Crippen molar-refractivity contribution in [1.82, 2.24) is 20.0 Å². The van der Waals surface area contributed by atoms with Crippen LogP contribution in [0.25, 0.3) is 0 Å². The van der Waals surface area contributed by atoms with Crippen LogP contribution in [0.3, 0.4) is 0 Å². The second-order valence-corrected chi connectivity index (χ2v) is 13.9. The summed E-state index contributed by atoms with van der Waals surface area (Å²) < 4.78 is 17.9. The number of hydrogen-bond donors (Lipinski definition) is 2. The maximum Gasteiger partial charge on any atom is 0.312 e. The number of alkyl halides is 1. The van der Waals surface area contributed by atoms with Crippen molar-refractivity contribution in [1.29, 1.82) is 0 Å². The number of carbonyl (C=O) groups is 4. The summed E-state index contributed by atoms with van der Waals surface area (Å²) >= 11 is 3.71. The van der Waals surface area contributed by atoms with Gasteiger partial charge >= 0.3 is 5.97 Å². The van der Waals surface area contributed by atoms with E-state index in [1.807, 2.05) is 0 Å². The Labute approximate surface area is 280 Å². The normalized spacial score (nSPS) is 29.3. The molecule has 4 heterocycles. The first kappa shape index (κ1) is 36.5. The van der Waals surface area contributed by atoms with Gasteiger partial charge in [-0.1, -0.05) is 40.9 Å². The van der Waals surface area contributed by atoms with E-state index in [4.69, 9.17) is 14.2 Å². The van der Waals surface area contributed by atoms with Gasteiger partial charge in [-0.25, -0.2) is 0 Å². The van der Waals surface area contributed by atoms with Gasteiger partial charge in [0.1, 0.15) is 17.7 Å². The molecule has 4 aliphatic heterocycles. The number of ether oxygens (including phenoxy) is 3. The minimum atomic E-state index is -1.18. The Hall–Kier alpha value is -2.32. The SMILES string of the molecule is C=CCCC(=O)NC[C@H](C)OC(=O)[C@H]1[C@@H]2O[C@@]3(CC2Br)[C@@H]1C(=O)N(CCCCCCO)[C@@H]3C(=O)N(CC=C)CCN1CCOCC1. The lowest BCUT2D eigenvalue weighted by molar-refractivity contribution is -0.159. The van der Waals surface area contributed by atoms with Gasteiger partial charge in [-0.2, -0.15) is 0 Å². The molecule has 0 saturated carbocycles. The zero-order valence-electron chi connectivity index (χ0n) is 27.1. The molecule has 1 unspecified atom stereocenters. The third kappa shape index (κ3) is 8.21. The van der Waals surface area contributed by atoms with E-state index in [0.29, 0.717) is 71.5 Å². The minimum Gasteiger partial charge on any atom is -0.460 e. The highest BCUT2D eigenvalue weighted by molar-refractivity contribution is 9.09. The highest BCUT2D eigenvalue weighted by Crippen LogP contribution is 2.60. The van der Waals surface area contributed by atoms with Crippen molar-refractivity contribution in [3.63, 3.8) is 0 Å². The highest BCUT2D eigenvalue weighted by atomic mass is 79.9. The summed E-state index contributed by atoms with van der Waals surface area (Å²) in [6.07, 6.45) is 6.32. The van der Waals surface area contributed by atoms with Crippen molar-refractivity contribution in [2.45, 2.75) is 80.5 Å². The molecule has 258 valence electrons. The van der Waals surface area contributed by atoms with Gasteiger partial charge in [0.2, 0.25) is 17.7 Å². The summed E-state index contributed by atoms with van der Waals surface area (Å²) in [5.41, 5.74) is -1.18. The van der Waals surface area contributed by atoms with E-state index in [1.165, 1.54) is 0 Å². The molecule has 2 N–H and O–H groups in total. The van der Waals surface area contributed by atoms with Crippen LogP contribution in [0.4, 0.5) is 0 Å². The largest absolute Gasteiger partial charge is 0.460 e. The van der Waals surface area contributed by atoms with Crippen LogP contribution in [0.5, 0.6) is 0 Å². The van der Waals surface area contributed by atoms with Crippen molar-refractivity contribution in [2.24, 2.45) is 11.8 Å². The number of aliphatic hydroxyl groups is 1. The maximum atomic E-state index is 14.6. The van der Waals surface area contributed by atoms with Crippen LogP contribution < -0.4 is 5.32 Å². The molecule has 4 saturated heterocycles. The van der Waals surface area contributed by atoms with Crippen molar-refractivity contribution >= 4 is 39.6 Å². The third-order valence-electron chi connectivity index (χ3n) is 9.53. The van der Waals surface area contributed by atoms with Crippen LogP contribution >= 0.6 is 15.9 Å². The van der Waals surface area contributed by atoms with Gasteiger partial charge in [-0.15, -0.1) is 13.2 Å². The fourth-order valence-corrected chi connectivity index (χ4v) is 8.21. The molecule has 1 spiro atoms. The first-order valence-electron chi connectivity index (χ1n) is 16.7. The molecule has 3 amide bonds. The third-order valence-corrected chi connectivity index (χ3v) is 10.4. The smallest absolute Gasteiger partial charge is 0.312 e. The van der Waals surface area contributed by atoms with Crippen molar-refractivity contribution in [3.8, 4) is 0 Å². The van der Waals surface area contributed by atoms with E-state index < -0.39 is 41.7 Å². The minimum absolute atomic E-state index is 0.108. The number of unbranched alkanes of at least 4 members (excludes halogenated alkanes) is 3. The summed E-state index contributed by atoms with van der Waals surface area (Å²) in [6, 6.07) is -0.892. The van der Waals surface area contributed by atoms with Crippen LogP contribution in [0.1, 0.15) is 51.9 Å². The Kier molecular flexibility index (Phi) is 13.6. The van der Waals surface area contributed by atoms with E-state index in [-0.39, 0.29) is 35.7 Å². The lowest BCUT2D eigenvalue weighted by atomic mass is 9.70. The fourth-order valence-electron chi connectivity index (χ4n) is 7.27. The number of morpholine rings is 1. The summed E-state index contributed by atoms with van der Waals surface area (Å²) in [6.45, 7) is 14.2. The second kappa shape index (κ2) is 17.2. The Balaban J connectivity index is 1.55. The molecule has 46 heavy (non-hydrogen) atoms. The predicted molar refractivity (Wildman–Crippen MR) is 175 cm³/mol. The van der Waals surface area contributed by atoms with E-state index in [9.17, 15) is 24.3 Å². The molecule has 0 radical (unpaired) electrons. The number of halogens is 1. The van der Waals surface area contributed by atoms with Gasteiger partial charge in [0.25, 0.3) is 0 Å². The average molecular weight is 712 g/mol. The number of hydrogen-bond acceptors (Lipinski definition) is 9. The number of rotatable bonds is 19. The van der Waals surface area contributed by atoms with Gasteiger partial charge in [-0.3, -0.25) is 24.1 Å². The molecule has 0 aromatic rings. The maximum absolute atomic E-state index is 14.6. The molecule has 4 rings (SSSR count). The van der Waals surface area contributed by atoms with Crippen molar-refractivity contribution < 1.29 is 38.5 Å². The number of fused-ring (bicyclic) bond motifs is 1. The molecule has 13 heteroatoms. The lowest BCUT2D eigenvalue weighted by Crippen LogP contribution is -2.57. The molecule has 0 aromatic heterocycles. The molecular formula is C33H51BrN4O8. The number of esters is 1. The lowest BCUT2D eigenvalue weighted by Gasteiger charge is -2.38. The van der Waals surface area contributed by atoms with E-state index in [2.05, 4.69) is 39.3 Å². The summed E-state index contributed by atoms with van der Waals surface area (Å²) in [5.74, 6) is -2.94. The summed E-state index contributed by atoms with van der Waals surface area (Å²) in [5, 5.41) is 12.0. The van der Waals surface area contributed by atoms with Crippen LogP contribution in [-0.4, -0.2) is 138 Å². The number of aliphatic hydroxyl groups excluding tert-OH is 1. The molecule has 2 bridgehead atoms. The van der Waals surface area contributed by atoms with Gasteiger partial charge in [-0.05, 0) is 32.6 Å². The summed E-state index contributed by atoms with van der Waals surface area (Å²) in [4.78, 5) is 60.1. The first-order chi connectivity index (χ1) is 22.2. The van der Waals surface area contributed by atoms with Crippen LogP contribution in [0.2, 0.25) is 0 Å². The van der Waals surface area contributed by atoms with Crippen LogP contribution in [0.15, 0.2) is 25.3 Å². The van der Waals surface area contributed by atoms with E-state index >= 15 is 0 Å². The Bertz CT molecular complexity index is 1100. The Morgan fingerprint density at radius 1 is 1.17 bits per heavy atom. The quantitative estimate of drug-likeness (QED) is 0.0887. The predicted octanol–water partition coefficient (Wildman–Crippen LogP) is 1.65. The number of nitrogens with zero attached hydrogens (tertiary/aromatic N) is 3. The monoisotopic (exact) mass is 710 g/mol. The molecular weight excluding hydrogens is 660 g/mol. The molecule has 0 aromatic carbocycles. The number of allylic oxidation sites excluding steroid dienone is 1. The molecule has 4 fully saturated rings. The Morgan fingerprint density at radius 2 is 1.91 bits per heavy atom. The zero-order chi connectivity index (χ0) is 33.3. The fraction of sp³-hybridized carbons (Fsp3) is 0.758. The van der Waals surface area contributed by atoms with Crippen LogP contribution in [-0.2, 0) is 33.4 Å². The van der Waals surface area contributed by atoms with Gasteiger partial charge < -0.3 is 34.4 Å². The van der Waals surface area contributed by atoms with Gasteiger partial charge in [0.15, 0.2) is 0 Å². The number of amides is 3. The number of carbonyl (C=O) groups excluding carboxylic acids is 4. The van der Waals surface area contributed by atoms with Crippen molar-refractivity contribution in [3.05, 3.63) is 25.3 Å². The zero-order valence-corrected chi connectivity index (χ0v) is 28.7. The standard InChI is InChI=1S/C33H51BrN4O8/c1-4-6-11-25(40)35-22-23(3)45-32(43)26-27-30(41)38(13-9-7-8-10-18-39)29(33(27)21-24(34)28(26)46-33)31(42)37(12-5-2)15-14-36-16-19-44-20-17-36/h4-5,23-24,26-29,39H,1-2,6-22H2,3H3,(H,35,40)/t23-,24?,26+,27-,28+,29+,33-/m0/s1. The number of likely N-dealkylation sites (tertiary alicyclic amines) is 1. The van der Waals surface area contributed by atoms with E-state index in [0.717, 1.165) is 25.9 Å². The highest BCUT2D eigenvalue weighted by Gasteiger charge is 2.77. The first-order valence-corrected chi connectivity index (χ1v) is 17.6. The molecule has 4 aliphatic rings. The van der Waals surface area contributed by atoms with Gasteiger partial charge in [0, 0.05) is 57.1 Å². The van der Waals surface area contributed by atoms with Crippen LogP contribution in [0, 0.1) is 11.8 Å². The topological polar surface area (TPSA) is 138 Å².